The summed E-state index contributed by atoms with van der Waals surface area (Å²) >= 11 is 5.86. The molecule has 1 heterocycles. The first-order valence-corrected chi connectivity index (χ1v) is 6.64. The van der Waals surface area contributed by atoms with E-state index in [2.05, 4.69) is 4.98 Å². The fraction of sp³-hybridized carbons (Fsp3) is 0. The van der Waals surface area contributed by atoms with E-state index in [0.29, 0.717) is 10.6 Å². The highest BCUT2D eigenvalue weighted by molar-refractivity contribution is 6.30. The van der Waals surface area contributed by atoms with Gasteiger partial charge in [-0.1, -0.05) is 41.9 Å². The lowest BCUT2D eigenvalue weighted by atomic mass is 10.0. The van der Waals surface area contributed by atoms with E-state index in [0.717, 1.165) is 28.3 Å². The van der Waals surface area contributed by atoms with Gasteiger partial charge >= 0.3 is 0 Å². The molecule has 2 aromatic carbocycles. The van der Waals surface area contributed by atoms with Gasteiger partial charge in [0.1, 0.15) is 0 Å². The van der Waals surface area contributed by atoms with Crippen LogP contribution in [0.4, 0.5) is 0 Å². The van der Waals surface area contributed by atoms with Gasteiger partial charge < -0.3 is 4.98 Å². The Balaban J connectivity index is 2.09. The second-order valence-electron chi connectivity index (χ2n) is 4.52. The number of rotatable bonds is 3. The molecule has 0 unspecified atom stereocenters. The highest BCUT2D eigenvalue weighted by atomic mass is 35.5. The van der Waals surface area contributed by atoms with E-state index in [-0.39, 0.29) is 0 Å². The normalized spacial score (nSPS) is 11.8. The molecule has 3 aromatic rings. The van der Waals surface area contributed by atoms with E-state index in [1.807, 2.05) is 60.8 Å². The largest absolute Gasteiger partial charge is 0.361 e. The van der Waals surface area contributed by atoms with Crippen LogP contribution in [0.25, 0.3) is 22.6 Å². The van der Waals surface area contributed by atoms with Crippen molar-refractivity contribution in [3.05, 3.63) is 70.9 Å². The second-order valence-corrected chi connectivity index (χ2v) is 4.95. The van der Waals surface area contributed by atoms with E-state index >= 15 is 0 Å². The molecule has 3 rings (SSSR count). The van der Waals surface area contributed by atoms with Crippen LogP contribution in [0.2, 0.25) is 5.02 Å². The van der Waals surface area contributed by atoms with Gasteiger partial charge in [-0.2, -0.15) is 0 Å². The van der Waals surface area contributed by atoms with E-state index in [4.69, 9.17) is 11.6 Å². The number of hydrogen-bond acceptors (Lipinski definition) is 1. The molecule has 98 valence electrons. The minimum atomic E-state index is 0.643. The molecular weight excluding hydrogens is 270 g/mol. The van der Waals surface area contributed by atoms with Crippen LogP contribution in [-0.2, 0) is 4.79 Å². The first-order chi connectivity index (χ1) is 9.78. The second kappa shape index (κ2) is 5.35. The molecule has 1 aromatic heterocycles. The Labute approximate surface area is 121 Å². The lowest BCUT2D eigenvalue weighted by molar-refractivity contribution is -0.103. The minimum Gasteiger partial charge on any atom is -0.361 e. The zero-order valence-corrected chi connectivity index (χ0v) is 11.4. The third kappa shape index (κ3) is 2.38. The maximum absolute atomic E-state index is 11.4. The predicted octanol–water partition coefficient (Wildman–Crippen LogP) is 4.56. The van der Waals surface area contributed by atoms with Crippen molar-refractivity contribution in [1.82, 2.24) is 4.98 Å². The van der Waals surface area contributed by atoms with E-state index in [1.165, 1.54) is 0 Å². The highest BCUT2D eigenvalue weighted by Gasteiger charge is 2.07. The van der Waals surface area contributed by atoms with Crippen molar-refractivity contribution in [2.45, 2.75) is 0 Å². The molecule has 1 N–H and O–H groups in total. The number of aromatic amines is 1. The fourth-order valence-electron chi connectivity index (χ4n) is 2.22. The quantitative estimate of drug-likeness (QED) is 0.554. The predicted molar refractivity (Wildman–Crippen MR) is 83.7 cm³/mol. The molecule has 0 aliphatic heterocycles. The molecule has 0 spiro atoms. The molecule has 0 saturated heterocycles. The van der Waals surface area contributed by atoms with Crippen molar-refractivity contribution in [3.8, 4) is 0 Å². The van der Waals surface area contributed by atoms with Crippen LogP contribution >= 0.6 is 11.6 Å². The summed E-state index contributed by atoms with van der Waals surface area (Å²) < 4.78 is 0. The van der Waals surface area contributed by atoms with E-state index < -0.39 is 0 Å². The first-order valence-electron chi connectivity index (χ1n) is 6.27. The molecule has 2 nitrogen and oxygen atoms in total. The summed E-state index contributed by atoms with van der Waals surface area (Å²) in [5.41, 5.74) is 3.52. The summed E-state index contributed by atoms with van der Waals surface area (Å²) in [5.74, 6) is 0. The Morgan fingerprint density at radius 1 is 1.05 bits per heavy atom. The molecule has 0 atom stereocenters. The summed E-state index contributed by atoms with van der Waals surface area (Å²) in [6, 6.07) is 15.3. The number of aromatic nitrogens is 1. The van der Waals surface area contributed by atoms with Crippen LogP contribution in [0.15, 0.2) is 54.7 Å². The molecule has 20 heavy (non-hydrogen) atoms. The van der Waals surface area contributed by atoms with Crippen molar-refractivity contribution in [3.63, 3.8) is 0 Å². The summed E-state index contributed by atoms with van der Waals surface area (Å²) in [7, 11) is 0. The molecule has 0 fully saturated rings. The number of nitrogens with one attached hydrogen (secondary N) is 1. The van der Waals surface area contributed by atoms with Gasteiger partial charge in [0.05, 0.1) is 0 Å². The number of benzene rings is 2. The smallest absolute Gasteiger partial charge is 0.150 e. The molecular formula is C17H12ClNO. The Morgan fingerprint density at radius 2 is 1.80 bits per heavy atom. The van der Waals surface area contributed by atoms with E-state index in [9.17, 15) is 4.79 Å². The van der Waals surface area contributed by atoms with Crippen LogP contribution in [0.3, 0.4) is 0 Å². The third-order valence-corrected chi connectivity index (χ3v) is 3.47. The summed E-state index contributed by atoms with van der Waals surface area (Å²) in [6.45, 7) is 0. The van der Waals surface area contributed by atoms with Crippen LogP contribution in [0.1, 0.15) is 11.1 Å². The Bertz CT molecular complexity index is 784. The standard InChI is InChI=1S/C17H12ClNO/c18-14-7-5-12(6-8-14)9-13(11-20)16-10-19-17-4-2-1-3-15(16)17/h1-11,19H/b13-9-. The van der Waals surface area contributed by atoms with Crippen molar-refractivity contribution in [2.24, 2.45) is 0 Å². The minimum absolute atomic E-state index is 0.643. The van der Waals surface area contributed by atoms with Gasteiger partial charge in [-0.25, -0.2) is 0 Å². The van der Waals surface area contributed by atoms with Crippen LogP contribution in [-0.4, -0.2) is 11.3 Å². The maximum atomic E-state index is 11.4. The van der Waals surface area contributed by atoms with Gasteiger partial charge in [0, 0.05) is 33.3 Å². The van der Waals surface area contributed by atoms with E-state index in [1.54, 1.807) is 0 Å². The maximum Gasteiger partial charge on any atom is 0.150 e. The SMILES string of the molecule is O=C/C(=C/c1ccc(Cl)cc1)c1c[nH]c2ccccc12. The van der Waals surface area contributed by atoms with Crippen molar-refractivity contribution < 1.29 is 4.79 Å². The number of para-hydroxylation sites is 1. The van der Waals surface area contributed by atoms with Crippen LogP contribution in [0, 0.1) is 0 Å². The number of hydrogen-bond donors (Lipinski definition) is 1. The van der Waals surface area contributed by atoms with Crippen molar-refractivity contribution >= 4 is 40.4 Å². The highest BCUT2D eigenvalue weighted by Crippen LogP contribution is 2.25. The molecule has 0 radical (unpaired) electrons. The van der Waals surface area contributed by atoms with Gasteiger partial charge in [0.2, 0.25) is 0 Å². The molecule has 0 amide bonds. The zero-order chi connectivity index (χ0) is 13.9. The Hall–Kier alpha value is -2.32. The Morgan fingerprint density at radius 3 is 2.55 bits per heavy atom. The Kier molecular flexibility index (Phi) is 3.40. The van der Waals surface area contributed by atoms with Crippen molar-refractivity contribution in [1.29, 1.82) is 0 Å². The summed E-state index contributed by atoms with van der Waals surface area (Å²) in [6.07, 6.45) is 4.60. The third-order valence-electron chi connectivity index (χ3n) is 3.22. The fourth-order valence-corrected chi connectivity index (χ4v) is 2.35. The summed E-state index contributed by atoms with van der Waals surface area (Å²) in [5, 5.41) is 1.72. The number of aldehydes is 1. The average molecular weight is 282 g/mol. The number of halogens is 1. The van der Waals surface area contributed by atoms with Gasteiger partial charge in [-0.3, -0.25) is 4.79 Å². The lowest BCUT2D eigenvalue weighted by Gasteiger charge is -2.00. The number of carbonyl (C=O) groups excluding carboxylic acids is 1. The topological polar surface area (TPSA) is 32.9 Å². The summed E-state index contributed by atoms with van der Waals surface area (Å²) in [4.78, 5) is 14.6. The van der Waals surface area contributed by atoms with Crippen LogP contribution in [0.5, 0.6) is 0 Å². The van der Waals surface area contributed by atoms with Crippen LogP contribution < -0.4 is 0 Å². The first kappa shape index (κ1) is 12.7. The van der Waals surface area contributed by atoms with Gasteiger partial charge in [0.25, 0.3) is 0 Å². The molecule has 0 bridgehead atoms. The molecule has 0 aliphatic rings. The average Bonchev–Trinajstić information content (AvgIpc) is 2.91. The van der Waals surface area contributed by atoms with Gasteiger partial charge in [-0.15, -0.1) is 0 Å². The van der Waals surface area contributed by atoms with Gasteiger partial charge in [-0.05, 0) is 29.8 Å². The zero-order valence-electron chi connectivity index (χ0n) is 10.6. The lowest BCUT2D eigenvalue weighted by Crippen LogP contribution is -1.84. The monoisotopic (exact) mass is 281 g/mol. The molecule has 3 heteroatoms. The molecule has 0 aliphatic carbocycles. The molecule has 0 saturated carbocycles. The van der Waals surface area contributed by atoms with Gasteiger partial charge in [0.15, 0.2) is 6.29 Å². The number of carbonyl (C=O) groups is 1. The number of H-pyrrole nitrogens is 1. The number of allylic oxidation sites excluding steroid dienone is 1. The number of fused-ring (bicyclic) bond motifs is 1. The van der Waals surface area contributed by atoms with Crippen molar-refractivity contribution in [2.75, 3.05) is 0 Å².